The maximum Gasteiger partial charge on any atom is 0.261 e. The van der Waals surface area contributed by atoms with Crippen LogP contribution in [0.4, 0.5) is 13.2 Å². The van der Waals surface area contributed by atoms with Crippen molar-refractivity contribution in [3.05, 3.63) is 124 Å². The number of nitrogens with zero attached hydrogens (tertiary/aromatic N) is 4. The third-order valence-electron chi connectivity index (χ3n) is 8.10. The Morgan fingerprint density at radius 2 is 1.88 bits per heavy atom. The number of fused-ring (bicyclic) bond motifs is 2. The van der Waals surface area contributed by atoms with Crippen LogP contribution >= 0.6 is 0 Å². The zero-order valence-corrected chi connectivity index (χ0v) is 23.0. The molecule has 4 aromatic rings. The fraction of sp³-hybridized carbons (Fsp3) is 0.242. The molecule has 2 aliphatic heterocycles. The van der Waals surface area contributed by atoms with E-state index in [0.29, 0.717) is 25.2 Å². The highest BCUT2D eigenvalue weighted by Gasteiger charge is 2.38. The van der Waals surface area contributed by atoms with Crippen molar-refractivity contribution in [1.29, 1.82) is 0 Å². The average molecular weight is 567 g/mol. The van der Waals surface area contributed by atoms with Crippen molar-refractivity contribution in [3.63, 3.8) is 0 Å². The molecule has 0 saturated carbocycles. The van der Waals surface area contributed by atoms with Gasteiger partial charge in [-0.3, -0.25) is 19.9 Å². The van der Waals surface area contributed by atoms with Crippen LogP contribution in [0.1, 0.15) is 58.7 Å². The van der Waals surface area contributed by atoms with Crippen LogP contribution in [0.2, 0.25) is 0 Å². The zero-order valence-electron chi connectivity index (χ0n) is 23.0. The minimum Gasteiger partial charge on any atom is -0.402 e. The number of allylic oxidation sites excluding steroid dienone is 3. The number of aliphatic imine (C=N–C) groups is 1. The molecule has 1 aliphatic carbocycles. The third-order valence-corrected chi connectivity index (χ3v) is 8.10. The molecule has 0 radical (unpaired) electrons. The summed E-state index contributed by atoms with van der Waals surface area (Å²) < 4.78 is 41.6. The highest BCUT2D eigenvalue weighted by Crippen LogP contribution is 2.36. The number of pyridine rings is 2. The molecule has 0 unspecified atom stereocenters. The number of alkyl halides is 2. The number of hydrogen-bond donors (Lipinski definition) is 2. The molecular weight excluding hydrogens is 537 g/mol. The minimum absolute atomic E-state index is 0.111. The number of benzene rings is 1. The molecule has 6 nitrogen and oxygen atoms in total. The minimum atomic E-state index is -2.63. The predicted molar refractivity (Wildman–Crippen MR) is 157 cm³/mol. The summed E-state index contributed by atoms with van der Waals surface area (Å²) in [6.07, 6.45) is 9.53. The Morgan fingerprint density at radius 3 is 2.69 bits per heavy atom. The van der Waals surface area contributed by atoms with E-state index in [2.05, 4.69) is 22.1 Å². The van der Waals surface area contributed by atoms with Crippen LogP contribution in [0.5, 0.6) is 0 Å². The first-order chi connectivity index (χ1) is 20.2. The SMILES string of the molecule is C[C@@H]1N=C(c2cc3c([nH]2)CC(N)=CC=C3c2cccc(F)c2)c2cc(-c3cncc(CN4CCC(F)(F)C4)c3)cnc21. The molecule has 1 aromatic carbocycles. The lowest BCUT2D eigenvalue weighted by atomic mass is 9.96. The second-order valence-electron chi connectivity index (χ2n) is 11.3. The van der Waals surface area contributed by atoms with Crippen molar-refractivity contribution in [2.75, 3.05) is 13.1 Å². The predicted octanol–water partition coefficient (Wildman–Crippen LogP) is 6.19. The Morgan fingerprint density at radius 1 is 1.02 bits per heavy atom. The van der Waals surface area contributed by atoms with Crippen LogP contribution in [-0.4, -0.2) is 44.6 Å². The van der Waals surface area contributed by atoms with Gasteiger partial charge in [0, 0.05) is 78.2 Å². The Kier molecular flexibility index (Phi) is 6.35. The fourth-order valence-electron chi connectivity index (χ4n) is 6.08. The molecule has 1 fully saturated rings. The molecule has 0 bridgehead atoms. The van der Waals surface area contributed by atoms with E-state index in [9.17, 15) is 13.2 Å². The fourth-order valence-corrected chi connectivity index (χ4v) is 6.08. The Bertz CT molecular complexity index is 1800. The van der Waals surface area contributed by atoms with Crippen molar-refractivity contribution >= 4 is 11.3 Å². The lowest BCUT2D eigenvalue weighted by Crippen LogP contribution is -2.24. The van der Waals surface area contributed by atoms with E-state index >= 15 is 0 Å². The van der Waals surface area contributed by atoms with Crippen molar-refractivity contribution < 1.29 is 13.2 Å². The average Bonchev–Trinajstić information content (AvgIpc) is 3.60. The lowest BCUT2D eigenvalue weighted by molar-refractivity contribution is 0.0115. The highest BCUT2D eigenvalue weighted by molar-refractivity contribution is 6.15. The number of aromatic nitrogens is 3. The van der Waals surface area contributed by atoms with Gasteiger partial charge in [0.15, 0.2) is 0 Å². The van der Waals surface area contributed by atoms with Gasteiger partial charge < -0.3 is 10.7 Å². The maximum atomic E-state index is 14.1. The van der Waals surface area contributed by atoms with E-state index in [0.717, 1.165) is 61.7 Å². The number of rotatable bonds is 5. The maximum absolute atomic E-state index is 14.1. The molecule has 3 aliphatic rings. The van der Waals surface area contributed by atoms with Gasteiger partial charge >= 0.3 is 0 Å². The summed E-state index contributed by atoms with van der Waals surface area (Å²) >= 11 is 0. The van der Waals surface area contributed by atoms with Gasteiger partial charge in [-0.2, -0.15) is 0 Å². The molecule has 7 rings (SSSR count). The number of H-pyrrole nitrogens is 1. The van der Waals surface area contributed by atoms with Crippen molar-refractivity contribution in [1.82, 2.24) is 19.9 Å². The van der Waals surface area contributed by atoms with Crippen molar-refractivity contribution in [2.45, 2.75) is 38.3 Å². The molecular formula is C33H29F3N6. The number of aromatic amines is 1. The molecule has 212 valence electrons. The summed E-state index contributed by atoms with van der Waals surface area (Å²) in [7, 11) is 0. The van der Waals surface area contributed by atoms with Crippen LogP contribution < -0.4 is 5.73 Å². The molecule has 0 spiro atoms. The Hall–Kier alpha value is -4.50. The van der Waals surface area contributed by atoms with E-state index in [-0.39, 0.29) is 24.8 Å². The van der Waals surface area contributed by atoms with Gasteiger partial charge in [0.25, 0.3) is 5.92 Å². The first-order valence-corrected chi connectivity index (χ1v) is 14.0. The largest absolute Gasteiger partial charge is 0.402 e. The summed E-state index contributed by atoms with van der Waals surface area (Å²) in [5.74, 6) is -2.93. The third kappa shape index (κ3) is 4.94. The molecule has 42 heavy (non-hydrogen) atoms. The highest BCUT2D eigenvalue weighted by atomic mass is 19.3. The van der Waals surface area contributed by atoms with Gasteiger partial charge in [-0.25, -0.2) is 13.2 Å². The lowest BCUT2D eigenvalue weighted by Gasteiger charge is -2.16. The van der Waals surface area contributed by atoms with Gasteiger partial charge in [0.05, 0.1) is 29.7 Å². The van der Waals surface area contributed by atoms with Gasteiger partial charge in [-0.05, 0) is 60.0 Å². The van der Waals surface area contributed by atoms with Crippen LogP contribution in [0, 0.1) is 5.82 Å². The van der Waals surface area contributed by atoms with Crippen molar-refractivity contribution in [2.24, 2.45) is 10.7 Å². The van der Waals surface area contributed by atoms with E-state index in [1.807, 2.05) is 37.4 Å². The molecule has 9 heteroatoms. The summed E-state index contributed by atoms with van der Waals surface area (Å²) in [5.41, 5.74) is 16.6. The van der Waals surface area contributed by atoms with Crippen molar-refractivity contribution in [3.8, 4) is 11.1 Å². The first-order valence-electron chi connectivity index (χ1n) is 14.0. The Labute approximate surface area is 241 Å². The molecule has 1 atom stereocenters. The standard InChI is InChI=1S/C33H29F3N6/c1-19-31-28(11-23(16-39-31)22-9-20(14-38-15-22)17-42-8-7-33(35,36)18-42)32(40-19)30-13-27-26(21-3-2-4-24(34)10-21)6-5-25(37)12-29(27)41-30/h2-6,9-11,13-16,19,41H,7-8,12,17-18,37H2,1H3/t19-/m0/s1. The number of nitrogens with two attached hydrogens (primary N) is 1. The smallest absolute Gasteiger partial charge is 0.261 e. The second kappa shape index (κ2) is 10.1. The van der Waals surface area contributed by atoms with Gasteiger partial charge in [-0.1, -0.05) is 18.2 Å². The number of halogens is 3. The topological polar surface area (TPSA) is 83.2 Å². The summed E-state index contributed by atoms with van der Waals surface area (Å²) in [6.45, 7) is 2.57. The van der Waals surface area contributed by atoms with E-state index in [1.165, 1.54) is 12.1 Å². The van der Waals surface area contributed by atoms with E-state index < -0.39 is 5.92 Å². The summed E-state index contributed by atoms with van der Waals surface area (Å²) in [5, 5.41) is 0. The normalized spacial score (nSPS) is 19.5. The van der Waals surface area contributed by atoms with Crippen LogP contribution in [-0.2, 0) is 13.0 Å². The molecule has 0 amide bonds. The summed E-state index contributed by atoms with van der Waals surface area (Å²) in [6, 6.07) is 12.5. The quantitative estimate of drug-likeness (QED) is 0.302. The zero-order chi connectivity index (χ0) is 29.0. The van der Waals surface area contributed by atoms with Crippen LogP contribution in [0.3, 0.4) is 0 Å². The van der Waals surface area contributed by atoms with Crippen LogP contribution in [0.25, 0.3) is 16.7 Å². The van der Waals surface area contributed by atoms with Gasteiger partial charge in [0.2, 0.25) is 0 Å². The number of likely N-dealkylation sites (tertiary alicyclic amines) is 1. The van der Waals surface area contributed by atoms with Gasteiger partial charge in [-0.15, -0.1) is 0 Å². The molecule has 5 heterocycles. The number of nitrogens with one attached hydrogen (secondary N) is 1. The molecule has 3 aromatic heterocycles. The van der Waals surface area contributed by atoms with E-state index in [4.69, 9.17) is 15.7 Å². The van der Waals surface area contributed by atoms with Gasteiger partial charge in [0.1, 0.15) is 5.82 Å². The van der Waals surface area contributed by atoms with Crippen LogP contribution in [0.15, 0.2) is 83.9 Å². The first kappa shape index (κ1) is 26.4. The monoisotopic (exact) mass is 566 g/mol. The molecule has 1 saturated heterocycles. The molecule has 3 N–H and O–H groups in total. The summed E-state index contributed by atoms with van der Waals surface area (Å²) in [4.78, 5) is 19.4. The van der Waals surface area contributed by atoms with E-state index in [1.54, 1.807) is 23.4 Å². The second-order valence-corrected chi connectivity index (χ2v) is 11.3. The number of hydrogen-bond acceptors (Lipinski definition) is 5. The Balaban J connectivity index is 1.22.